The van der Waals surface area contributed by atoms with Gasteiger partial charge in [-0.05, 0) is 24.3 Å². The van der Waals surface area contributed by atoms with Crippen LogP contribution in [0.4, 0.5) is 14.6 Å². The van der Waals surface area contributed by atoms with E-state index in [4.69, 9.17) is 4.74 Å². The minimum atomic E-state index is -0.578. The quantitative estimate of drug-likeness (QED) is 0.558. The number of nitrogens with zero attached hydrogens (tertiary/aromatic N) is 3. The Labute approximate surface area is 160 Å². The number of rotatable bonds is 4. The standard InChI is InChI=1S/C21H16F2N4O/c1-24-21-15-9-8-13(14-6-3-7-16(22)19(14)28-2)17(23)18(15)26-20(27-21)12-5-4-10-25-11-12/h3-11H,1-2H3,(H,24,26,27). The van der Waals surface area contributed by atoms with Gasteiger partial charge in [0.15, 0.2) is 23.2 Å². The van der Waals surface area contributed by atoms with Crippen LogP contribution in [-0.2, 0) is 0 Å². The van der Waals surface area contributed by atoms with E-state index in [9.17, 15) is 4.39 Å². The van der Waals surface area contributed by atoms with E-state index in [0.29, 0.717) is 28.2 Å². The second kappa shape index (κ2) is 7.19. The van der Waals surface area contributed by atoms with Crippen molar-refractivity contribution in [1.29, 1.82) is 0 Å². The maximum atomic E-state index is 15.5. The van der Waals surface area contributed by atoms with Crippen LogP contribution in [0.1, 0.15) is 0 Å². The van der Waals surface area contributed by atoms with E-state index in [1.165, 1.54) is 19.2 Å². The Hall–Kier alpha value is -3.61. The predicted molar refractivity (Wildman–Crippen MR) is 104 cm³/mol. The zero-order chi connectivity index (χ0) is 19.7. The molecular weight excluding hydrogens is 362 g/mol. The molecule has 0 unspecified atom stereocenters. The first-order valence-corrected chi connectivity index (χ1v) is 8.55. The third kappa shape index (κ3) is 2.90. The third-order valence-electron chi connectivity index (χ3n) is 4.42. The van der Waals surface area contributed by atoms with E-state index < -0.39 is 11.6 Å². The van der Waals surface area contributed by atoms with Crippen molar-refractivity contribution in [3.8, 4) is 28.3 Å². The molecule has 7 heteroatoms. The SMILES string of the molecule is CNc1nc(-c2cccnc2)nc2c(F)c(-c3cccc(F)c3OC)ccc12. The summed E-state index contributed by atoms with van der Waals surface area (Å²) in [6.45, 7) is 0. The lowest BCUT2D eigenvalue weighted by Gasteiger charge is -2.13. The molecule has 4 aromatic rings. The van der Waals surface area contributed by atoms with E-state index in [-0.39, 0.29) is 16.8 Å². The first kappa shape index (κ1) is 17.8. The molecule has 5 nitrogen and oxygen atoms in total. The van der Waals surface area contributed by atoms with Crippen LogP contribution in [-0.4, -0.2) is 29.1 Å². The van der Waals surface area contributed by atoms with Crippen LogP contribution in [0, 0.1) is 11.6 Å². The summed E-state index contributed by atoms with van der Waals surface area (Å²) < 4.78 is 34.7. The summed E-state index contributed by atoms with van der Waals surface area (Å²) in [6, 6.07) is 11.2. The molecule has 0 saturated heterocycles. The number of fused-ring (bicyclic) bond motifs is 1. The molecular formula is C21H16F2N4O. The normalized spacial score (nSPS) is 10.9. The Bertz CT molecular complexity index is 1170. The summed E-state index contributed by atoms with van der Waals surface area (Å²) in [5, 5.41) is 3.50. The van der Waals surface area contributed by atoms with E-state index in [1.807, 2.05) is 0 Å². The summed E-state index contributed by atoms with van der Waals surface area (Å²) in [5.41, 5.74) is 1.30. The van der Waals surface area contributed by atoms with E-state index >= 15 is 4.39 Å². The van der Waals surface area contributed by atoms with Crippen molar-refractivity contribution in [3.05, 3.63) is 66.5 Å². The van der Waals surface area contributed by atoms with Crippen LogP contribution >= 0.6 is 0 Å². The second-order valence-electron chi connectivity index (χ2n) is 6.03. The summed E-state index contributed by atoms with van der Waals surface area (Å²) in [7, 11) is 3.05. The number of hydrogen-bond acceptors (Lipinski definition) is 5. The first-order chi connectivity index (χ1) is 13.6. The summed E-state index contributed by atoms with van der Waals surface area (Å²) in [6.07, 6.45) is 3.25. The van der Waals surface area contributed by atoms with Gasteiger partial charge in [-0.2, -0.15) is 0 Å². The molecule has 0 aliphatic rings. The molecule has 0 radical (unpaired) electrons. The van der Waals surface area contributed by atoms with Crippen molar-refractivity contribution >= 4 is 16.7 Å². The Morgan fingerprint density at radius 2 is 1.82 bits per heavy atom. The largest absolute Gasteiger partial charge is 0.493 e. The molecule has 0 bridgehead atoms. The van der Waals surface area contributed by atoms with Gasteiger partial charge in [0.25, 0.3) is 0 Å². The average molecular weight is 378 g/mol. The number of ether oxygens (including phenoxy) is 1. The van der Waals surface area contributed by atoms with Crippen LogP contribution < -0.4 is 10.1 Å². The molecule has 0 fully saturated rings. The van der Waals surface area contributed by atoms with Crippen molar-refractivity contribution in [1.82, 2.24) is 15.0 Å². The van der Waals surface area contributed by atoms with Crippen molar-refractivity contribution in [2.75, 3.05) is 19.5 Å². The number of methoxy groups -OCH3 is 1. The van der Waals surface area contributed by atoms with Crippen LogP contribution in [0.25, 0.3) is 33.4 Å². The van der Waals surface area contributed by atoms with Gasteiger partial charge in [0.05, 0.1) is 7.11 Å². The molecule has 0 spiro atoms. The monoisotopic (exact) mass is 378 g/mol. The number of aromatic nitrogens is 3. The highest BCUT2D eigenvalue weighted by atomic mass is 19.1. The smallest absolute Gasteiger partial charge is 0.165 e. The Balaban J connectivity index is 2.00. The molecule has 4 rings (SSSR count). The van der Waals surface area contributed by atoms with Gasteiger partial charge < -0.3 is 10.1 Å². The fourth-order valence-electron chi connectivity index (χ4n) is 3.11. The molecule has 2 heterocycles. The second-order valence-corrected chi connectivity index (χ2v) is 6.03. The summed E-state index contributed by atoms with van der Waals surface area (Å²) >= 11 is 0. The van der Waals surface area contributed by atoms with Crippen molar-refractivity contribution in [2.24, 2.45) is 0 Å². The Morgan fingerprint density at radius 1 is 0.964 bits per heavy atom. The van der Waals surface area contributed by atoms with Gasteiger partial charge in [-0.3, -0.25) is 4.98 Å². The molecule has 0 saturated carbocycles. The van der Waals surface area contributed by atoms with Crippen molar-refractivity contribution < 1.29 is 13.5 Å². The number of para-hydroxylation sites is 1. The number of halogens is 2. The third-order valence-corrected chi connectivity index (χ3v) is 4.42. The molecule has 0 aliphatic carbocycles. The van der Waals surface area contributed by atoms with E-state index in [2.05, 4.69) is 20.3 Å². The highest BCUT2D eigenvalue weighted by Crippen LogP contribution is 2.37. The lowest BCUT2D eigenvalue weighted by atomic mass is 10.0. The maximum Gasteiger partial charge on any atom is 0.165 e. The van der Waals surface area contributed by atoms with Crippen LogP contribution in [0.3, 0.4) is 0 Å². The highest BCUT2D eigenvalue weighted by Gasteiger charge is 2.19. The van der Waals surface area contributed by atoms with Gasteiger partial charge in [-0.15, -0.1) is 0 Å². The number of nitrogens with one attached hydrogen (secondary N) is 1. The summed E-state index contributed by atoms with van der Waals surface area (Å²) in [5.74, 6) is -0.330. The lowest BCUT2D eigenvalue weighted by molar-refractivity contribution is 0.388. The molecule has 0 aliphatic heterocycles. The molecule has 2 aromatic carbocycles. The van der Waals surface area contributed by atoms with Gasteiger partial charge >= 0.3 is 0 Å². The molecule has 1 N–H and O–H groups in total. The van der Waals surface area contributed by atoms with Gasteiger partial charge in [0, 0.05) is 41.5 Å². The number of pyridine rings is 1. The molecule has 140 valence electrons. The molecule has 2 aromatic heterocycles. The van der Waals surface area contributed by atoms with Gasteiger partial charge in [-0.1, -0.05) is 18.2 Å². The van der Waals surface area contributed by atoms with E-state index in [0.717, 1.165) is 0 Å². The first-order valence-electron chi connectivity index (χ1n) is 8.55. The maximum absolute atomic E-state index is 15.5. The minimum Gasteiger partial charge on any atom is -0.493 e. The van der Waals surface area contributed by atoms with E-state index in [1.54, 1.807) is 49.8 Å². The van der Waals surface area contributed by atoms with Crippen LogP contribution in [0.2, 0.25) is 0 Å². The zero-order valence-electron chi connectivity index (χ0n) is 15.2. The van der Waals surface area contributed by atoms with Crippen LogP contribution in [0.15, 0.2) is 54.9 Å². The fraction of sp³-hybridized carbons (Fsp3) is 0.0952. The Kier molecular flexibility index (Phi) is 4.57. The number of anilines is 1. The van der Waals surface area contributed by atoms with Crippen molar-refractivity contribution in [2.45, 2.75) is 0 Å². The topological polar surface area (TPSA) is 59.9 Å². The molecule has 0 atom stereocenters. The molecule has 0 amide bonds. The van der Waals surface area contributed by atoms with Gasteiger partial charge in [0.2, 0.25) is 0 Å². The highest BCUT2D eigenvalue weighted by molar-refractivity contribution is 5.94. The zero-order valence-corrected chi connectivity index (χ0v) is 15.2. The van der Waals surface area contributed by atoms with Crippen molar-refractivity contribution in [3.63, 3.8) is 0 Å². The Morgan fingerprint density at radius 3 is 2.54 bits per heavy atom. The fourth-order valence-corrected chi connectivity index (χ4v) is 3.11. The van der Waals surface area contributed by atoms with Gasteiger partial charge in [-0.25, -0.2) is 18.7 Å². The molecule has 28 heavy (non-hydrogen) atoms. The minimum absolute atomic E-state index is 0.0175. The predicted octanol–water partition coefficient (Wildman–Crippen LogP) is 4.69. The lowest BCUT2D eigenvalue weighted by Crippen LogP contribution is -2.01. The summed E-state index contributed by atoms with van der Waals surface area (Å²) in [4.78, 5) is 12.9. The van der Waals surface area contributed by atoms with Crippen LogP contribution in [0.5, 0.6) is 5.75 Å². The average Bonchev–Trinajstić information content (AvgIpc) is 2.74. The number of hydrogen-bond donors (Lipinski definition) is 1. The van der Waals surface area contributed by atoms with Gasteiger partial charge in [0.1, 0.15) is 11.3 Å². The number of benzene rings is 2.